The highest BCUT2D eigenvalue weighted by molar-refractivity contribution is 5.96. The van der Waals surface area contributed by atoms with E-state index in [2.05, 4.69) is 0 Å². The van der Waals surface area contributed by atoms with E-state index in [-0.39, 0.29) is 17.3 Å². The van der Waals surface area contributed by atoms with Crippen molar-refractivity contribution in [1.29, 1.82) is 0 Å². The number of hydrogen-bond acceptors (Lipinski definition) is 3. The van der Waals surface area contributed by atoms with Crippen molar-refractivity contribution in [3.63, 3.8) is 0 Å². The molecular weight excluding hydrogens is 168 g/mol. The zero-order valence-corrected chi connectivity index (χ0v) is 7.45. The Morgan fingerprint density at radius 3 is 2.23 bits per heavy atom. The van der Waals surface area contributed by atoms with Crippen LogP contribution in [0, 0.1) is 0 Å². The lowest BCUT2D eigenvalue weighted by Gasteiger charge is -2.01. The minimum absolute atomic E-state index is 0.0614. The molecule has 0 aromatic heterocycles. The second kappa shape index (κ2) is 3.94. The maximum atomic E-state index is 11.3. The van der Waals surface area contributed by atoms with E-state index in [1.165, 1.54) is 18.2 Å². The Labute approximate surface area is 76.6 Å². The van der Waals surface area contributed by atoms with E-state index in [1.807, 2.05) is 6.92 Å². The maximum Gasteiger partial charge on any atom is 0.163 e. The molecule has 0 radical (unpaired) electrons. The van der Waals surface area contributed by atoms with Gasteiger partial charge in [-0.25, -0.2) is 0 Å². The molecule has 0 aliphatic heterocycles. The summed E-state index contributed by atoms with van der Waals surface area (Å²) in [5.74, 6) is -0.229. The van der Waals surface area contributed by atoms with Gasteiger partial charge in [0, 0.05) is 18.1 Å². The van der Waals surface area contributed by atoms with E-state index in [0.29, 0.717) is 12.0 Å². The average molecular weight is 180 g/mol. The summed E-state index contributed by atoms with van der Waals surface area (Å²) in [4.78, 5) is 11.3. The Bertz CT molecular complexity index is 298. The van der Waals surface area contributed by atoms with Gasteiger partial charge in [-0.2, -0.15) is 0 Å². The van der Waals surface area contributed by atoms with Gasteiger partial charge in [0.1, 0.15) is 11.5 Å². The molecule has 2 N–H and O–H groups in total. The Morgan fingerprint density at radius 1 is 1.23 bits per heavy atom. The first-order valence-electron chi connectivity index (χ1n) is 4.19. The van der Waals surface area contributed by atoms with E-state index in [9.17, 15) is 4.79 Å². The summed E-state index contributed by atoms with van der Waals surface area (Å²) in [7, 11) is 0. The zero-order valence-electron chi connectivity index (χ0n) is 7.45. The number of Topliss-reactive ketones (excluding diaryl/α,β-unsaturated/α-hetero) is 1. The molecule has 70 valence electrons. The third-order valence-corrected chi connectivity index (χ3v) is 1.70. The van der Waals surface area contributed by atoms with Crippen molar-refractivity contribution in [2.24, 2.45) is 0 Å². The number of ketones is 1. The fraction of sp³-hybridized carbons (Fsp3) is 0.300. The van der Waals surface area contributed by atoms with Crippen molar-refractivity contribution in [2.75, 3.05) is 0 Å². The number of aromatic hydroxyl groups is 2. The monoisotopic (exact) mass is 180 g/mol. The quantitative estimate of drug-likeness (QED) is 0.700. The molecule has 0 aliphatic carbocycles. The van der Waals surface area contributed by atoms with Gasteiger partial charge >= 0.3 is 0 Å². The lowest BCUT2D eigenvalue weighted by atomic mass is 10.1. The topological polar surface area (TPSA) is 57.5 Å². The summed E-state index contributed by atoms with van der Waals surface area (Å²) in [5.41, 5.74) is 0.361. The third kappa shape index (κ3) is 2.47. The predicted molar refractivity (Wildman–Crippen MR) is 49.0 cm³/mol. The average Bonchev–Trinajstić information content (AvgIpc) is 2.03. The van der Waals surface area contributed by atoms with Crippen LogP contribution in [0.2, 0.25) is 0 Å². The highest BCUT2D eigenvalue weighted by Gasteiger charge is 2.06. The molecule has 13 heavy (non-hydrogen) atoms. The van der Waals surface area contributed by atoms with E-state index < -0.39 is 0 Å². The van der Waals surface area contributed by atoms with E-state index in [0.717, 1.165) is 6.42 Å². The van der Waals surface area contributed by atoms with Crippen molar-refractivity contribution in [2.45, 2.75) is 19.8 Å². The van der Waals surface area contributed by atoms with Gasteiger partial charge in [0.2, 0.25) is 0 Å². The fourth-order valence-electron chi connectivity index (χ4n) is 1.13. The van der Waals surface area contributed by atoms with Gasteiger partial charge < -0.3 is 10.2 Å². The van der Waals surface area contributed by atoms with Crippen LogP contribution in [0.5, 0.6) is 11.5 Å². The summed E-state index contributed by atoms with van der Waals surface area (Å²) in [5, 5.41) is 18.2. The van der Waals surface area contributed by atoms with Crippen molar-refractivity contribution < 1.29 is 15.0 Å². The number of phenolic OH excluding ortho intramolecular Hbond substituents is 2. The molecule has 0 fully saturated rings. The Balaban J connectivity index is 2.94. The first-order valence-corrected chi connectivity index (χ1v) is 4.19. The summed E-state index contributed by atoms with van der Waals surface area (Å²) < 4.78 is 0. The van der Waals surface area contributed by atoms with E-state index in [4.69, 9.17) is 10.2 Å². The molecule has 1 rings (SSSR count). The van der Waals surface area contributed by atoms with Gasteiger partial charge in [0.15, 0.2) is 5.78 Å². The predicted octanol–water partition coefficient (Wildman–Crippen LogP) is 2.08. The van der Waals surface area contributed by atoms with Gasteiger partial charge in [0.25, 0.3) is 0 Å². The Hall–Kier alpha value is -1.51. The summed E-state index contributed by atoms with van der Waals surface area (Å²) >= 11 is 0. The SMILES string of the molecule is CCCC(=O)c1cc(O)cc(O)c1. The normalized spacial score (nSPS) is 9.92. The minimum atomic E-state index is -0.0838. The van der Waals surface area contributed by atoms with Gasteiger partial charge in [-0.05, 0) is 18.6 Å². The first-order chi connectivity index (χ1) is 6.13. The van der Waals surface area contributed by atoms with Crippen LogP contribution in [0.15, 0.2) is 18.2 Å². The van der Waals surface area contributed by atoms with Crippen molar-refractivity contribution >= 4 is 5.78 Å². The van der Waals surface area contributed by atoms with Crippen LogP contribution in [0.3, 0.4) is 0 Å². The molecule has 1 aromatic rings. The molecule has 3 nitrogen and oxygen atoms in total. The second-order valence-corrected chi connectivity index (χ2v) is 2.91. The molecule has 0 aliphatic rings. The van der Waals surface area contributed by atoms with Crippen molar-refractivity contribution in [1.82, 2.24) is 0 Å². The molecule has 1 aromatic carbocycles. The lowest BCUT2D eigenvalue weighted by Crippen LogP contribution is -1.97. The van der Waals surface area contributed by atoms with Crippen LogP contribution in [0.4, 0.5) is 0 Å². The summed E-state index contributed by atoms with van der Waals surface area (Å²) in [6, 6.07) is 3.91. The van der Waals surface area contributed by atoms with Gasteiger partial charge in [0.05, 0.1) is 0 Å². The molecule has 0 saturated heterocycles. The molecule has 0 bridgehead atoms. The molecule has 0 heterocycles. The number of rotatable bonds is 3. The first kappa shape index (κ1) is 9.58. The number of hydrogen-bond donors (Lipinski definition) is 2. The van der Waals surface area contributed by atoms with Crippen LogP contribution in [-0.2, 0) is 0 Å². The van der Waals surface area contributed by atoms with Crippen molar-refractivity contribution in [3.05, 3.63) is 23.8 Å². The standard InChI is InChI=1S/C10H12O3/c1-2-3-10(13)7-4-8(11)6-9(12)5-7/h4-6,11-12H,2-3H2,1H3. The molecule has 0 amide bonds. The lowest BCUT2D eigenvalue weighted by molar-refractivity contribution is 0.0981. The van der Waals surface area contributed by atoms with Gasteiger partial charge in [-0.15, -0.1) is 0 Å². The van der Waals surface area contributed by atoms with Crippen molar-refractivity contribution in [3.8, 4) is 11.5 Å². The number of benzene rings is 1. The molecule has 0 saturated carbocycles. The Kier molecular flexibility index (Phi) is 2.90. The van der Waals surface area contributed by atoms with E-state index >= 15 is 0 Å². The molecule has 0 atom stereocenters. The number of carbonyl (C=O) groups is 1. The van der Waals surface area contributed by atoms with Gasteiger partial charge in [-0.1, -0.05) is 6.92 Å². The second-order valence-electron chi connectivity index (χ2n) is 2.91. The largest absolute Gasteiger partial charge is 0.508 e. The van der Waals surface area contributed by atoms with Crippen LogP contribution < -0.4 is 0 Å². The molecule has 0 unspecified atom stereocenters. The zero-order chi connectivity index (χ0) is 9.84. The third-order valence-electron chi connectivity index (χ3n) is 1.70. The van der Waals surface area contributed by atoms with Crippen LogP contribution in [0.25, 0.3) is 0 Å². The highest BCUT2D eigenvalue weighted by atomic mass is 16.3. The summed E-state index contributed by atoms with van der Waals surface area (Å²) in [6.45, 7) is 1.90. The van der Waals surface area contributed by atoms with Crippen LogP contribution in [-0.4, -0.2) is 16.0 Å². The number of carbonyl (C=O) groups excluding carboxylic acids is 1. The number of phenols is 2. The molecule has 0 spiro atoms. The van der Waals surface area contributed by atoms with Gasteiger partial charge in [-0.3, -0.25) is 4.79 Å². The Morgan fingerprint density at radius 2 is 1.77 bits per heavy atom. The minimum Gasteiger partial charge on any atom is -0.508 e. The fourth-order valence-corrected chi connectivity index (χ4v) is 1.13. The molecular formula is C10H12O3. The summed E-state index contributed by atoms with van der Waals surface area (Å²) in [6.07, 6.45) is 1.19. The van der Waals surface area contributed by atoms with Crippen LogP contribution in [0.1, 0.15) is 30.1 Å². The molecule has 3 heteroatoms. The highest BCUT2D eigenvalue weighted by Crippen LogP contribution is 2.21. The van der Waals surface area contributed by atoms with E-state index in [1.54, 1.807) is 0 Å². The smallest absolute Gasteiger partial charge is 0.163 e. The van der Waals surface area contributed by atoms with Crippen LogP contribution >= 0.6 is 0 Å². The maximum absolute atomic E-state index is 11.3.